The Morgan fingerprint density at radius 3 is 1.39 bits per heavy atom. The molecule has 0 aromatic heterocycles. The number of carbonyl (C=O) groups is 2. The highest BCUT2D eigenvalue weighted by Crippen LogP contribution is 2.43. The van der Waals surface area contributed by atoms with Crippen molar-refractivity contribution in [1.82, 2.24) is 5.32 Å². The maximum Gasteiger partial charge on any atom is 0.472 e. The number of rotatable bonds is 47. The molecular weight excluding hydrogens is 796 g/mol. The molecule has 3 atom stereocenters. The number of hydrogen-bond acceptors (Lipinski definition) is 6. The topological polar surface area (TPSA) is 111 Å². The van der Waals surface area contributed by atoms with E-state index in [2.05, 4.69) is 38.2 Å². The van der Waals surface area contributed by atoms with Crippen molar-refractivity contribution in [1.29, 1.82) is 0 Å². The molecule has 10 heteroatoms. The number of ether oxygens (including phenoxy) is 1. The Hall–Kier alpha value is -1.51. The van der Waals surface area contributed by atoms with Gasteiger partial charge in [-0.25, -0.2) is 4.57 Å². The van der Waals surface area contributed by atoms with Crippen LogP contribution < -0.4 is 5.32 Å². The molecule has 0 aliphatic rings. The maximum absolute atomic E-state index is 13.4. The lowest BCUT2D eigenvalue weighted by molar-refractivity contribution is -0.870. The predicted octanol–water partition coefficient (Wildman–Crippen LogP) is 15.0. The molecule has 62 heavy (non-hydrogen) atoms. The van der Waals surface area contributed by atoms with Crippen LogP contribution in [0.5, 0.6) is 0 Å². The maximum atomic E-state index is 13.4. The molecule has 366 valence electrons. The van der Waals surface area contributed by atoms with E-state index < -0.39 is 20.0 Å². The first-order valence-electron chi connectivity index (χ1n) is 26.2. The van der Waals surface area contributed by atoms with Gasteiger partial charge >= 0.3 is 13.8 Å². The molecule has 0 heterocycles. The summed E-state index contributed by atoms with van der Waals surface area (Å²) in [6, 6.07) is -0.847. The molecule has 0 saturated heterocycles. The largest absolute Gasteiger partial charge is 0.472 e. The SMILES string of the molecule is CCCCCCCC/C=C\CCCCCC(=O)NC(COP(=O)(O)OCC[N+](C)(C)C)C(/C=C/CCCCCCCCCCCC)OC(=O)CCCCCCCCCCCCC. The standard InChI is InChI=1S/C52H101N2O7P/c1-7-10-13-16-19-22-25-27-30-32-35-38-41-44-51(55)53-49(48-60-62(57,58)59-47-46-54(4,5)6)50(43-40-37-34-31-29-26-23-20-17-14-11-8-2)61-52(56)45-42-39-36-33-28-24-21-18-15-12-9-3/h27,30,40,43,49-50H,7-26,28-29,31-39,41-42,44-48H2,1-6H3,(H-,53,55,57,58)/p+1/b30-27-,43-40+. The van der Waals surface area contributed by atoms with Gasteiger partial charge in [0.05, 0.1) is 33.8 Å². The van der Waals surface area contributed by atoms with E-state index >= 15 is 0 Å². The third-order valence-electron chi connectivity index (χ3n) is 11.6. The Kier molecular flexibility index (Phi) is 42.3. The first kappa shape index (κ1) is 60.5. The van der Waals surface area contributed by atoms with Crippen LogP contribution in [-0.2, 0) is 27.9 Å². The van der Waals surface area contributed by atoms with Gasteiger partial charge in [0, 0.05) is 12.8 Å². The lowest BCUT2D eigenvalue weighted by atomic mass is 10.0. The van der Waals surface area contributed by atoms with Crippen molar-refractivity contribution in [3.63, 3.8) is 0 Å². The van der Waals surface area contributed by atoms with Gasteiger partial charge in [-0.2, -0.15) is 0 Å². The fourth-order valence-corrected chi connectivity index (χ4v) is 8.26. The summed E-state index contributed by atoms with van der Waals surface area (Å²) in [4.78, 5) is 37.3. The number of esters is 1. The van der Waals surface area contributed by atoms with E-state index in [0.29, 0.717) is 23.9 Å². The van der Waals surface area contributed by atoms with Crippen LogP contribution >= 0.6 is 7.82 Å². The van der Waals surface area contributed by atoms with Gasteiger partial charge < -0.3 is 19.4 Å². The molecule has 0 saturated carbocycles. The summed E-state index contributed by atoms with van der Waals surface area (Å²) in [7, 11) is 1.49. The molecule has 0 aliphatic heterocycles. The average molecular weight is 898 g/mol. The number of amides is 1. The smallest absolute Gasteiger partial charge is 0.456 e. The van der Waals surface area contributed by atoms with Crippen molar-refractivity contribution >= 4 is 19.7 Å². The van der Waals surface area contributed by atoms with Crippen LogP contribution in [0.25, 0.3) is 0 Å². The Morgan fingerprint density at radius 1 is 0.548 bits per heavy atom. The summed E-state index contributed by atoms with van der Waals surface area (Å²) in [5.74, 6) is -0.518. The molecule has 0 aliphatic carbocycles. The van der Waals surface area contributed by atoms with Crippen LogP contribution in [0, 0.1) is 0 Å². The van der Waals surface area contributed by atoms with E-state index in [0.717, 1.165) is 70.6 Å². The second kappa shape index (κ2) is 43.4. The van der Waals surface area contributed by atoms with E-state index in [9.17, 15) is 19.0 Å². The van der Waals surface area contributed by atoms with Crippen LogP contribution in [0.1, 0.15) is 245 Å². The normalized spacial score (nSPS) is 14.1. The number of allylic oxidation sites excluding steroid dienone is 3. The summed E-state index contributed by atoms with van der Waals surface area (Å²) in [5, 5.41) is 3.03. The Morgan fingerprint density at radius 2 is 0.935 bits per heavy atom. The van der Waals surface area contributed by atoms with E-state index in [1.165, 1.54) is 141 Å². The zero-order valence-corrected chi connectivity index (χ0v) is 42.5. The number of phosphoric ester groups is 1. The summed E-state index contributed by atoms with van der Waals surface area (Å²) in [6.07, 6.45) is 47.4. The number of unbranched alkanes of at least 4 members (excludes halogenated alkanes) is 29. The summed E-state index contributed by atoms with van der Waals surface area (Å²) < 4.78 is 30.5. The second-order valence-corrected chi connectivity index (χ2v) is 20.5. The van der Waals surface area contributed by atoms with Gasteiger partial charge in [-0.1, -0.05) is 200 Å². The molecular formula is C52H102N2O7P+. The van der Waals surface area contributed by atoms with Crippen LogP contribution in [-0.4, -0.2) is 74.3 Å². The molecule has 0 bridgehead atoms. The molecule has 0 radical (unpaired) electrons. The highest BCUT2D eigenvalue weighted by molar-refractivity contribution is 7.47. The number of nitrogens with zero attached hydrogens (tertiary/aromatic N) is 1. The van der Waals surface area contributed by atoms with Gasteiger partial charge in [-0.05, 0) is 57.4 Å². The Balaban J connectivity index is 5.45. The van der Waals surface area contributed by atoms with Crippen LogP contribution in [0.3, 0.4) is 0 Å². The van der Waals surface area contributed by atoms with Crippen molar-refractivity contribution in [2.24, 2.45) is 0 Å². The number of nitrogens with one attached hydrogen (secondary N) is 1. The minimum Gasteiger partial charge on any atom is -0.456 e. The Bertz CT molecular complexity index is 1120. The van der Waals surface area contributed by atoms with Gasteiger partial charge in [0.25, 0.3) is 0 Å². The minimum atomic E-state index is -4.43. The van der Waals surface area contributed by atoms with Gasteiger partial charge in [-0.15, -0.1) is 0 Å². The zero-order valence-electron chi connectivity index (χ0n) is 41.6. The molecule has 9 nitrogen and oxygen atoms in total. The number of phosphoric acid groups is 1. The van der Waals surface area contributed by atoms with Gasteiger partial charge in [-0.3, -0.25) is 18.6 Å². The summed E-state index contributed by atoms with van der Waals surface area (Å²) >= 11 is 0. The zero-order chi connectivity index (χ0) is 45.8. The van der Waals surface area contributed by atoms with Crippen molar-refractivity contribution in [3.8, 4) is 0 Å². The molecule has 1 amide bonds. The summed E-state index contributed by atoms with van der Waals surface area (Å²) in [5.41, 5.74) is 0. The molecule has 0 fully saturated rings. The minimum absolute atomic E-state index is 0.0403. The quantitative estimate of drug-likeness (QED) is 0.0206. The molecule has 0 rings (SSSR count). The monoisotopic (exact) mass is 898 g/mol. The van der Waals surface area contributed by atoms with Crippen molar-refractivity contribution < 1.29 is 37.3 Å². The van der Waals surface area contributed by atoms with Crippen molar-refractivity contribution in [2.45, 2.75) is 258 Å². The fraction of sp³-hybridized carbons (Fsp3) is 0.885. The highest BCUT2D eigenvalue weighted by Gasteiger charge is 2.30. The molecule has 0 aromatic rings. The number of likely N-dealkylation sites (N-methyl/N-ethyl adjacent to an activating group) is 1. The van der Waals surface area contributed by atoms with E-state index in [-0.39, 0.29) is 25.1 Å². The lowest BCUT2D eigenvalue weighted by Crippen LogP contribution is -2.47. The predicted molar refractivity (Wildman–Crippen MR) is 263 cm³/mol. The van der Waals surface area contributed by atoms with Crippen LogP contribution in [0.4, 0.5) is 0 Å². The lowest BCUT2D eigenvalue weighted by Gasteiger charge is -2.27. The number of quaternary nitrogens is 1. The first-order valence-corrected chi connectivity index (χ1v) is 27.7. The van der Waals surface area contributed by atoms with Gasteiger partial charge in [0.2, 0.25) is 5.91 Å². The van der Waals surface area contributed by atoms with E-state index in [1.807, 2.05) is 33.3 Å². The molecule has 0 spiro atoms. The fourth-order valence-electron chi connectivity index (χ4n) is 7.52. The van der Waals surface area contributed by atoms with E-state index in [4.69, 9.17) is 13.8 Å². The summed E-state index contributed by atoms with van der Waals surface area (Å²) in [6.45, 7) is 6.98. The number of hydrogen-bond donors (Lipinski definition) is 2. The molecule has 3 unspecified atom stereocenters. The van der Waals surface area contributed by atoms with Gasteiger partial charge in [0.1, 0.15) is 19.3 Å². The van der Waals surface area contributed by atoms with Gasteiger partial charge in [0.15, 0.2) is 0 Å². The van der Waals surface area contributed by atoms with Crippen molar-refractivity contribution in [2.75, 3.05) is 40.9 Å². The highest BCUT2D eigenvalue weighted by atomic mass is 31.2. The van der Waals surface area contributed by atoms with E-state index in [1.54, 1.807) is 0 Å². The van der Waals surface area contributed by atoms with Crippen LogP contribution in [0.15, 0.2) is 24.3 Å². The van der Waals surface area contributed by atoms with Crippen molar-refractivity contribution in [3.05, 3.63) is 24.3 Å². The third kappa shape index (κ3) is 43.7. The third-order valence-corrected chi connectivity index (χ3v) is 12.6. The first-order chi connectivity index (χ1) is 29.9. The molecule has 2 N–H and O–H groups in total. The molecule has 0 aromatic carbocycles. The average Bonchev–Trinajstić information content (AvgIpc) is 3.22. The number of carbonyl (C=O) groups excluding carboxylic acids is 2. The Labute approximate surface area is 383 Å². The second-order valence-electron chi connectivity index (χ2n) is 19.1. The van der Waals surface area contributed by atoms with Crippen LogP contribution in [0.2, 0.25) is 0 Å².